The molecule has 1 N–H and O–H groups in total. The monoisotopic (exact) mass is 288 g/mol. The van der Waals surface area contributed by atoms with Gasteiger partial charge in [0, 0.05) is 6.54 Å². The predicted molar refractivity (Wildman–Crippen MR) is 82.7 cm³/mol. The lowest BCUT2D eigenvalue weighted by Gasteiger charge is -2.40. The normalized spacial score (nSPS) is 23.9. The Balaban J connectivity index is 2.14. The number of nitrogens with zero attached hydrogens (tertiary/aromatic N) is 1. The third kappa shape index (κ3) is 3.43. The summed E-state index contributed by atoms with van der Waals surface area (Å²) in [6, 6.07) is 9.30. The van der Waals surface area contributed by atoms with Crippen LogP contribution < -0.4 is 5.32 Å². The van der Waals surface area contributed by atoms with Gasteiger partial charge in [-0.25, -0.2) is 0 Å². The van der Waals surface area contributed by atoms with E-state index in [1.807, 2.05) is 25.1 Å². The van der Waals surface area contributed by atoms with Crippen molar-refractivity contribution in [2.45, 2.75) is 45.7 Å². The summed E-state index contributed by atoms with van der Waals surface area (Å²) >= 11 is 0. The van der Waals surface area contributed by atoms with Crippen LogP contribution in [0.5, 0.6) is 0 Å². The standard InChI is InChI=1S/C17H24N2O2/c1-4-12(2)15-16(20)18-13(3)17(21)19(15)11-10-14-8-6-5-7-9-14/h5-9,12-13,15H,4,10-11H2,1-3H3,(H,18,20). The molecule has 1 fully saturated rings. The van der Waals surface area contributed by atoms with Crippen molar-refractivity contribution < 1.29 is 9.59 Å². The first-order valence-electron chi connectivity index (χ1n) is 7.69. The maximum Gasteiger partial charge on any atom is 0.245 e. The number of carbonyl (C=O) groups excluding carboxylic acids is 2. The molecule has 1 aliphatic rings. The number of hydrogen-bond donors (Lipinski definition) is 1. The third-order valence-corrected chi connectivity index (χ3v) is 4.28. The zero-order valence-electron chi connectivity index (χ0n) is 13.0. The van der Waals surface area contributed by atoms with E-state index in [9.17, 15) is 9.59 Å². The summed E-state index contributed by atoms with van der Waals surface area (Å²) in [5.74, 6) is 0.164. The summed E-state index contributed by atoms with van der Waals surface area (Å²) < 4.78 is 0. The lowest BCUT2D eigenvalue weighted by atomic mass is 9.93. The Bertz CT molecular complexity index is 501. The lowest BCUT2D eigenvalue weighted by Crippen LogP contribution is -2.64. The van der Waals surface area contributed by atoms with Crippen LogP contribution in [-0.2, 0) is 16.0 Å². The molecule has 1 aliphatic heterocycles. The third-order valence-electron chi connectivity index (χ3n) is 4.28. The highest BCUT2D eigenvalue weighted by atomic mass is 16.2. The van der Waals surface area contributed by atoms with Crippen LogP contribution in [0, 0.1) is 5.92 Å². The second-order valence-electron chi connectivity index (χ2n) is 5.83. The Hall–Kier alpha value is -1.84. The molecule has 4 nitrogen and oxygen atoms in total. The summed E-state index contributed by atoms with van der Waals surface area (Å²) in [6.45, 7) is 6.43. The topological polar surface area (TPSA) is 49.4 Å². The highest BCUT2D eigenvalue weighted by Crippen LogP contribution is 2.20. The van der Waals surface area contributed by atoms with Crippen LogP contribution in [0.2, 0.25) is 0 Å². The second kappa shape index (κ2) is 6.74. The van der Waals surface area contributed by atoms with Gasteiger partial charge in [0.2, 0.25) is 11.8 Å². The largest absolute Gasteiger partial charge is 0.343 e. The Morgan fingerprint density at radius 1 is 1.24 bits per heavy atom. The maximum absolute atomic E-state index is 12.4. The SMILES string of the molecule is CCC(C)C1C(=O)NC(C)C(=O)N1CCc1ccccc1. The van der Waals surface area contributed by atoms with Crippen molar-refractivity contribution in [1.29, 1.82) is 0 Å². The van der Waals surface area contributed by atoms with Crippen LogP contribution in [0.1, 0.15) is 32.8 Å². The number of rotatable bonds is 5. The van der Waals surface area contributed by atoms with E-state index in [-0.39, 0.29) is 23.8 Å². The zero-order chi connectivity index (χ0) is 15.4. The van der Waals surface area contributed by atoms with E-state index in [0.29, 0.717) is 6.54 Å². The van der Waals surface area contributed by atoms with Crippen LogP contribution in [0.3, 0.4) is 0 Å². The number of piperazine rings is 1. The molecule has 3 atom stereocenters. The first-order valence-corrected chi connectivity index (χ1v) is 7.69. The van der Waals surface area contributed by atoms with Gasteiger partial charge in [-0.2, -0.15) is 0 Å². The van der Waals surface area contributed by atoms with E-state index >= 15 is 0 Å². The molecule has 3 unspecified atom stereocenters. The van der Waals surface area contributed by atoms with Crippen LogP contribution >= 0.6 is 0 Å². The van der Waals surface area contributed by atoms with E-state index in [2.05, 4.69) is 24.4 Å². The highest BCUT2D eigenvalue weighted by Gasteiger charge is 2.40. The smallest absolute Gasteiger partial charge is 0.245 e. The molecule has 2 amide bonds. The molecule has 1 saturated heterocycles. The van der Waals surface area contributed by atoms with Gasteiger partial charge in [-0.1, -0.05) is 50.6 Å². The molecule has 0 bridgehead atoms. The lowest BCUT2D eigenvalue weighted by molar-refractivity contribution is -0.150. The Morgan fingerprint density at radius 2 is 1.90 bits per heavy atom. The van der Waals surface area contributed by atoms with Crippen LogP contribution in [0.4, 0.5) is 0 Å². The molecule has 1 aromatic rings. The highest BCUT2D eigenvalue weighted by molar-refractivity contribution is 5.96. The Kier molecular flexibility index (Phi) is 4.99. The minimum absolute atomic E-state index is 0.0236. The van der Waals surface area contributed by atoms with Gasteiger partial charge in [-0.3, -0.25) is 9.59 Å². The number of carbonyl (C=O) groups is 2. The zero-order valence-corrected chi connectivity index (χ0v) is 13.0. The summed E-state index contributed by atoms with van der Waals surface area (Å²) in [4.78, 5) is 26.5. The summed E-state index contributed by atoms with van der Waals surface area (Å²) in [7, 11) is 0. The van der Waals surface area contributed by atoms with Gasteiger partial charge in [0.05, 0.1) is 0 Å². The fourth-order valence-corrected chi connectivity index (χ4v) is 2.82. The summed E-state index contributed by atoms with van der Waals surface area (Å²) in [5, 5.41) is 2.79. The molecule has 2 rings (SSSR count). The van der Waals surface area contributed by atoms with E-state index in [0.717, 1.165) is 12.8 Å². The average molecular weight is 288 g/mol. The van der Waals surface area contributed by atoms with Crippen molar-refractivity contribution in [3.05, 3.63) is 35.9 Å². The molecular formula is C17H24N2O2. The maximum atomic E-state index is 12.4. The number of nitrogens with one attached hydrogen (secondary N) is 1. The first-order chi connectivity index (χ1) is 10.0. The quantitative estimate of drug-likeness (QED) is 0.901. The summed E-state index contributed by atoms with van der Waals surface area (Å²) in [6.07, 6.45) is 1.65. The molecule has 0 spiro atoms. The molecule has 114 valence electrons. The van der Waals surface area contributed by atoms with Gasteiger partial charge in [0.15, 0.2) is 0 Å². The number of hydrogen-bond acceptors (Lipinski definition) is 2. The average Bonchev–Trinajstić information content (AvgIpc) is 2.49. The molecule has 0 aliphatic carbocycles. The van der Waals surface area contributed by atoms with Gasteiger partial charge in [-0.15, -0.1) is 0 Å². The first kappa shape index (κ1) is 15.5. The summed E-state index contributed by atoms with van der Waals surface area (Å²) in [5.41, 5.74) is 1.19. The van der Waals surface area contributed by atoms with Crippen molar-refractivity contribution in [2.24, 2.45) is 5.92 Å². The van der Waals surface area contributed by atoms with Crippen molar-refractivity contribution in [1.82, 2.24) is 10.2 Å². The van der Waals surface area contributed by atoms with E-state index < -0.39 is 6.04 Å². The van der Waals surface area contributed by atoms with Crippen molar-refractivity contribution >= 4 is 11.8 Å². The Labute approximate surface area is 126 Å². The molecule has 21 heavy (non-hydrogen) atoms. The number of benzene rings is 1. The molecular weight excluding hydrogens is 264 g/mol. The fraction of sp³-hybridized carbons (Fsp3) is 0.529. The molecule has 1 heterocycles. The van der Waals surface area contributed by atoms with Gasteiger partial charge in [0.1, 0.15) is 12.1 Å². The fourth-order valence-electron chi connectivity index (χ4n) is 2.82. The van der Waals surface area contributed by atoms with Gasteiger partial charge >= 0.3 is 0 Å². The molecule has 0 aromatic heterocycles. The van der Waals surface area contributed by atoms with Crippen LogP contribution in [0.25, 0.3) is 0 Å². The Morgan fingerprint density at radius 3 is 2.52 bits per heavy atom. The minimum Gasteiger partial charge on any atom is -0.343 e. The van der Waals surface area contributed by atoms with E-state index in [1.54, 1.807) is 11.8 Å². The van der Waals surface area contributed by atoms with E-state index in [1.165, 1.54) is 5.56 Å². The minimum atomic E-state index is -0.423. The van der Waals surface area contributed by atoms with Crippen LogP contribution in [-0.4, -0.2) is 35.3 Å². The van der Waals surface area contributed by atoms with Gasteiger partial charge < -0.3 is 10.2 Å². The van der Waals surface area contributed by atoms with Gasteiger partial charge in [-0.05, 0) is 24.8 Å². The van der Waals surface area contributed by atoms with E-state index in [4.69, 9.17) is 0 Å². The van der Waals surface area contributed by atoms with Crippen molar-refractivity contribution in [2.75, 3.05) is 6.54 Å². The molecule has 1 aromatic carbocycles. The molecule has 0 saturated carbocycles. The van der Waals surface area contributed by atoms with Crippen molar-refractivity contribution in [3.8, 4) is 0 Å². The number of amides is 2. The second-order valence-corrected chi connectivity index (χ2v) is 5.83. The molecule has 4 heteroatoms. The van der Waals surface area contributed by atoms with Crippen molar-refractivity contribution in [3.63, 3.8) is 0 Å². The predicted octanol–water partition coefficient (Wildman–Crippen LogP) is 1.99. The molecule has 0 radical (unpaired) electrons. The van der Waals surface area contributed by atoms with Gasteiger partial charge in [0.25, 0.3) is 0 Å². The van der Waals surface area contributed by atoms with Crippen LogP contribution in [0.15, 0.2) is 30.3 Å².